The van der Waals surface area contributed by atoms with Gasteiger partial charge in [0.15, 0.2) is 5.71 Å². The molecule has 1 fully saturated rings. The third-order valence-electron chi connectivity index (χ3n) is 2.39. The number of hydrogen-bond acceptors (Lipinski definition) is 0. The molecule has 0 aromatic rings. The average Bonchev–Trinajstić information content (AvgIpc) is 2.59. The van der Waals surface area contributed by atoms with Crippen molar-refractivity contribution in [2.24, 2.45) is 0 Å². The van der Waals surface area contributed by atoms with Crippen molar-refractivity contribution in [2.75, 3.05) is 13.1 Å². The predicted molar refractivity (Wildman–Crippen MR) is 42.6 cm³/mol. The van der Waals surface area contributed by atoms with Crippen LogP contribution in [0.15, 0.2) is 12.2 Å². The summed E-state index contributed by atoms with van der Waals surface area (Å²) in [7, 11) is 0. The zero-order valence-electron chi connectivity index (χ0n) is 6.34. The molecule has 0 bridgehead atoms. The fourth-order valence-corrected chi connectivity index (χ4v) is 1.80. The van der Waals surface area contributed by atoms with E-state index >= 15 is 0 Å². The molecule has 1 heterocycles. The predicted octanol–water partition coefficient (Wildman–Crippen LogP) is 1.58. The lowest BCUT2D eigenvalue weighted by Gasteiger charge is -1.93. The van der Waals surface area contributed by atoms with Crippen LogP contribution in [0.4, 0.5) is 0 Å². The molecule has 0 N–H and O–H groups in total. The molecule has 0 aromatic heterocycles. The summed E-state index contributed by atoms with van der Waals surface area (Å²) in [6.45, 7) is 2.61. The molecule has 1 aliphatic carbocycles. The van der Waals surface area contributed by atoms with E-state index in [1.807, 2.05) is 0 Å². The lowest BCUT2D eigenvalue weighted by molar-refractivity contribution is -0.506. The van der Waals surface area contributed by atoms with Gasteiger partial charge in [0.2, 0.25) is 0 Å². The molecule has 0 unspecified atom stereocenters. The Morgan fingerprint density at radius 3 is 2.60 bits per heavy atom. The maximum atomic E-state index is 2.53. The van der Waals surface area contributed by atoms with Gasteiger partial charge in [-0.2, -0.15) is 0 Å². The number of hydrogen-bond donors (Lipinski definition) is 0. The van der Waals surface area contributed by atoms with Crippen molar-refractivity contribution in [3.8, 4) is 0 Å². The smallest absolute Gasteiger partial charge is 0.175 e. The van der Waals surface area contributed by atoms with Gasteiger partial charge in [-0.1, -0.05) is 6.08 Å². The maximum absolute atomic E-state index is 2.53. The van der Waals surface area contributed by atoms with E-state index in [-0.39, 0.29) is 0 Å². The van der Waals surface area contributed by atoms with E-state index in [0.29, 0.717) is 0 Å². The topological polar surface area (TPSA) is 3.01 Å². The molecular formula is C9H14N+. The zero-order valence-corrected chi connectivity index (χ0v) is 6.34. The van der Waals surface area contributed by atoms with Crippen molar-refractivity contribution in [1.29, 1.82) is 0 Å². The summed E-state index contributed by atoms with van der Waals surface area (Å²) in [6.07, 6.45) is 9.94. The second-order valence-corrected chi connectivity index (χ2v) is 3.13. The van der Waals surface area contributed by atoms with Gasteiger partial charge in [-0.15, -0.1) is 0 Å². The first-order chi connectivity index (χ1) is 4.97. The Labute approximate surface area is 62.1 Å². The Hall–Kier alpha value is -0.590. The van der Waals surface area contributed by atoms with E-state index in [1.54, 1.807) is 5.71 Å². The summed E-state index contributed by atoms with van der Waals surface area (Å²) in [5.74, 6) is 0. The van der Waals surface area contributed by atoms with E-state index in [9.17, 15) is 0 Å². The standard InChI is InChI=1S/C9H14N/c1-2-6-9(5-1)10-7-3-4-8-10/h1,5H,2-4,6-8H2/q+1. The van der Waals surface area contributed by atoms with E-state index < -0.39 is 0 Å². The Bertz CT molecular complexity index is 181. The number of rotatable bonds is 0. The molecule has 0 atom stereocenters. The highest BCUT2D eigenvalue weighted by molar-refractivity contribution is 5.92. The highest BCUT2D eigenvalue weighted by atomic mass is 15.0. The molecule has 1 nitrogen and oxygen atoms in total. The lowest BCUT2D eigenvalue weighted by atomic mass is 10.3. The van der Waals surface area contributed by atoms with Crippen LogP contribution in [0.25, 0.3) is 0 Å². The molecule has 2 rings (SSSR count). The molecule has 0 amide bonds. The monoisotopic (exact) mass is 136 g/mol. The van der Waals surface area contributed by atoms with Crippen molar-refractivity contribution in [3.05, 3.63) is 12.2 Å². The summed E-state index contributed by atoms with van der Waals surface area (Å²) < 4.78 is 2.53. The maximum Gasteiger partial charge on any atom is 0.175 e. The Balaban J connectivity index is 2.18. The summed E-state index contributed by atoms with van der Waals surface area (Å²) in [4.78, 5) is 0. The molecule has 1 aliphatic heterocycles. The van der Waals surface area contributed by atoms with Gasteiger partial charge in [-0.3, -0.25) is 0 Å². The number of nitrogens with zero attached hydrogens (tertiary/aromatic N) is 1. The van der Waals surface area contributed by atoms with Crippen LogP contribution in [-0.4, -0.2) is 23.4 Å². The first kappa shape index (κ1) is 6.14. The summed E-state index contributed by atoms with van der Waals surface area (Å²) in [6, 6.07) is 0. The third kappa shape index (κ3) is 1.00. The van der Waals surface area contributed by atoms with Gasteiger partial charge in [-0.05, 0) is 6.42 Å². The molecule has 0 radical (unpaired) electrons. The Morgan fingerprint density at radius 1 is 1.20 bits per heavy atom. The van der Waals surface area contributed by atoms with Crippen molar-refractivity contribution in [1.82, 2.24) is 0 Å². The molecular weight excluding hydrogens is 122 g/mol. The Morgan fingerprint density at radius 2 is 2.00 bits per heavy atom. The van der Waals surface area contributed by atoms with Gasteiger partial charge in [0.05, 0.1) is 0 Å². The minimum Gasteiger partial charge on any atom is -0.233 e. The Kier molecular flexibility index (Phi) is 1.58. The second-order valence-electron chi connectivity index (χ2n) is 3.13. The third-order valence-corrected chi connectivity index (χ3v) is 2.39. The quantitative estimate of drug-likeness (QED) is 0.445. The highest BCUT2D eigenvalue weighted by Gasteiger charge is 2.18. The molecule has 0 saturated carbocycles. The van der Waals surface area contributed by atoms with Crippen LogP contribution >= 0.6 is 0 Å². The number of allylic oxidation sites excluding steroid dienone is 2. The van der Waals surface area contributed by atoms with Gasteiger partial charge in [0, 0.05) is 25.3 Å². The molecule has 0 aromatic carbocycles. The van der Waals surface area contributed by atoms with E-state index in [1.165, 1.54) is 38.8 Å². The summed E-state index contributed by atoms with van der Waals surface area (Å²) >= 11 is 0. The fraction of sp³-hybridized carbons (Fsp3) is 0.667. The molecule has 2 aliphatic rings. The molecule has 1 saturated heterocycles. The van der Waals surface area contributed by atoms with Crippen LogP contribution in [-0.2, 0) is 0 Å². The largest absolute Gasteiger partial charge is 0.233 e. The van der Waals surface area contributed by atoms with Crippen molar-refractivity contribution < 1.29 is 4.58 Å². The van der Waals surface area contributed by atoms with Gasteiger partial charge >= 0.3 is 0 Å². The minimum atomic E-state index is 1.27. The molecule has 54 valence electrons. The highest BCUT2D eigenvalue weighted by Crippen LogP contribution is 2.10. The van der Waals surface area contributed by atoms with Crippen LogP contribution in [0.2, 0.25) is 0 Å². The molecule has 0 spiro atoms. The van der Waals surface area contributed by atoms with E-state index in [4.69, 9.17) is 0 Å². The van der Waals surface area contributed by atoms with Crippen LogP contribution in [0.3, 0.4) is 0 Å². The minimum absolute atomic E-state index is 1.27. The zero-order chi connectivity index (χ0) is 6.81. The van der Waals surface area contributed by atoms with Gasteiger partial charge < -0.3 is 0 Å². The average molecular weight is 136 g/mol. The molecule has 10 heavy (non-hydrogen) atoms. The van der Waals surface area contributed by atoms with E-state index in [2.05, 4.69) is 16.7 Å². The van der Waals surface area contributed by atoms with Crippen molar-refractivity contribution in [2.45, 2.75) is 25.7 Å². The van der Waals surface area contributed by atoms with Gasteiger partial charge in [0.1, 0.15) is 13.1 Å². The molecule has 1 heteroatoms. The summed E-state index contributed by atoms with van der Waals surface area (Å²) in [5.41, 5.74) is 1.58. The first-order valence-electron chi connectivity index (χ1n) is 4.24. The second kappa shape index (κ2) is 2.57. The normalized spacial score (nSPS) is 24.8. The van der Waals surface area contributed by atoms with Gasteiger partial charge in [0.25, 0.3) is 0 Å². The van der Waals surface area contributed by atoms with E-state index in [0.717, 1.165) is 0 Å². The fourth-order valence-electron chi connectivity index (χ4n) is 1.80. The van der Waals surface area contributed by atoms with Crippen LogP contribution < -0.4 is 0 Å². The van der Waals surface area contributed by atoms with Crippen LogP contribution in [0.5, 0.6) is 0 Å². The first-order valence-corrected chi connectivity index (χ1v) is 4.24. The van der Waals surface area contributed by atoms with Crippen molar-refractivity contribution >= 4 is 5.71 Å². The lowest BCUT2D eigenvalue weighted by Crippen LogP contribution is -2.14. The van der Waals surface area contributed by atoms with Crippen molar-refractivity contribution in [3.63, 3.8) is 0 Å². The van der Waals surface area contributed by atoms with Gasteiger partial charge in [-0.25, -0.2) is 4.58 Å². The summed E-state index contributed by atoms with van der Waals surface area (Å²) in [5, 5.41) is 0. The SMILES string of the molecule is C1=CC(=[N+]2CCCC2)CC1. The van der Waals surface area contributed by atoms with Crippen LogP contribution in [0.1, 0.15) is 25.7 Å². The van der Waals surface area contributed by atoms with Crippen LogP contribution in [0, 0.1) is 0 Å².